The number of aromatic hydroxyl groups is 2. The predicted octanol–water partition coefficient (Wildman–Crippen LogP) is 4.61. The summed E-state index contributed by atoms with van der Waals surface area (Å²) in [4.78, 5) is 0. The second kappa shape index (κ2) is 7.02. The van der Waals surface area contributed by atoms with Crippen LogP contribution in [0.4, 0.5) is 5.69 Å². The first-order valence-electron chi connectivity index (χ1n) is 7.47. The third kappa shape index (κ3) is 4.15. The molecule has 2 aromatic rings. The molecular formula is C18H23NO2. The standard InChI is InChI=1S/C18H23NO2/c1-3-4-5-14-6-8-15(9-7-14)19-13(2)17-12-16(20)10-11-18(17)21/h6-13,19-21H,3-5H2,1-2H3. The quantitative estimate of drug-likeness (QED) is 0.679. The Labute approximate surface area is 126 Å². The van der Waals surface area contributed by atoms with Crippen molar-refractivity contribution in [2.45, 2.75) is 39.2 Å². The monoisotopic (exact) mass is 285 g/mol. The molecule has 3 N–H and O–H groups in total. The molecule has 2 rings (SSSR count). The van der Waals surface area contributed by atoms with Crippen LogP contribution >= 0.6 is 0 Å². The zero-order valence-corrected chi connectivity index (χ0v) is 12.6. The van der Waals surface area contributed by atoms with E-state index in [4.69, 9.17) is 0 Å². The average molecular weight is 285 g/mol. The Balaban J connectivity index is 2.05. The summed E-state index contributed by atoms with van der Waals surface area (Å²) >= 11 is 0. The molecule has 1 unspecified atom stereocenters. The Kier molecular flexibility index (Phi) is 5.09. The molecule has 0 radical (unpaired) electrons. The van der Waals surface area contributed by atoms with Gasteiger partial charge in [-0.3, -0.25) is 0 Å². The molecule has 0 aliphatic carbocycles. The SMILES string of the molecule is CCCCc1ccc(NC(C)c2cc(O)ccc2O)cc1. The average Bonchev–Trinajstić information content (AvgIpc) is 2.49. The van der Waals surface area contributed by atoms with Crippen molar-refractivity contribution in [2.75, 3.05) is 5.32 Å². The molecule has 0 aliphatic heterocycles. The Morgan fingerprint density at radius 1 is 1.05 bits per heavy atom. The molecule has 0 aromatic heterocycles. The minimum absolute atomic E-state index is 0.0846. The van der Waals surface area contributed by atoms with E-state index in [1.165, 1.54) is 30.5 Å². The summed E-state index contributed by atoms with van der Waals surface area (Å²) < 4.78 is 0. The van der Waals surface area contributed by atoms with Crippen molar-refractivity contribution in [1.82, 2.24) is 0 Å². The van der Waals surface area contributed by atoms with Gasteiger partial charge in [0, 0.05) is 11.3 Å². The lowest BCUT2D eigenvalue weighted by Crippen LogP contribution is -2.06. The maximum absolute atomic E-state index is 9.87. The number of unbranched alkanes of at least 4 members (excludes halogenated alkanes) is 1. The van der Waals surface area contributed by atoms with Crippen LogP contribution in [0.25, 0.3) is 0 Å². The normalized spacial score (nSPS) is 12.1. The number of rotatable bonds is 6. The Hall–Kier alpha value is -2.16. The zero-order valence-electron chi connectivity index (χ0n) is 12.6. The highest BCUT2D eigenvalue weighted by Gasteiger charge is 2.11. The zero-order chi connectivity index (χ0) is 15.2. The fourth-order valence-corrected chi connectivity index (χ4v) is 2.37. The van der Waals surface area contributed by atoms with Crippen LogP contribution in [0.1, 0.15) is 43.9 Å². The summed E-state index contributed by atoms with van der Waals surface area (Å²) in [5.41, 5.74) is 3.03. The predicted molar refractivity (Wildman–Crippen MR) is 86.9 cm³/mol. The third-order valence-corrected chi connectivity index (χ3v) is 3.63. The molecule has 3 heteroatoms. The van der Waals surface area contributed by atoms with Crippen molar-refractivity contribution in [3.8, 4) is 11.5 Å². The molecule has 3 nitrogen and oxygen atoms in total. The maximum Gasteiger partial charge on any atom is 0.121 e. The van der Waals surface area contributed by atoms with Gasteiger partial charge in [-0.05, 0) is 55.7 Å². The lowest BCUT2D eigenvalue weighted by Gasteiger charge is -2.17. The second-order valence-corrected chi connectivity index (χ2v) is 5.41. The lowest BCUT2D eigenvalue weighted by atomic mass is 10.1. The fraction of sp³-hybridized carbons (Fsp3) is 0.333. The van der Waals surface area contributed by atoms with Crippen LogP contribution in [0, 0.1) is 0 Å². The summed E-state index contributed by atoms with van der Waals surface area (Å²) in [5, 5.41) is 22.7. The largest absolute Gasteiger partial charge is 0.508 e. The van der Waals surface area contributed by atoms with E-state index in [1.807, 2.05) is 6.92 Å². The number of aryl methyl sites for hydroxylation is 1. The van der Waals surface area contributed by atoms with E-state index in [1.54, 1.807) is 6.07 Å². The first-order valence-corrected chi connectivity index (χ1v) is 7.47. The smallest absolute Gasteiger partial charge is 0.121 e. The van der Waals surface area contributed by atoms with E-state index in [2.05, 4.69) is 36.5 Å². The van der Waals surface area contributed by atoms with E-state index < -0.39 is 0 Å². The van der Waals surface area contributed by atoms with Crippen LogP contribution in [-0.2, 0) is 6.42 Å². The number of anilines is 1. The lowest BCUT2D eigenvalue weighted by molar-refractivity contribution is 0.451. The summed E-state index contributed by atoms with van der Waals surface area (Å²) in [6.45, 7) is 4.15. The van der Waals surface area contributed by atoms with Gasteiger partial charge in [-0.15, -0.1) is 0 Å². The third-order valence-electron chi connectivity index (χ3n) is 3.63. The van der Waals surface area contributed by atoms with Crippen LogP contribution in [0.5, 0.6) is 11.5 Å². The molecule has 21 heavy (non-hydrogen) atoms. The van der Waals surface area contributed by atoms with Crippen LogP contribution in [0.2, 0.25) is 0 Å². The molecule has 0 aliphatic rings. The van der Waals surface area contributed by atoms with Crippen molar-refractivity contribution < 1.29 is 10.2 Å². The van der Waals surface area contributed by atoms with Crippen molar-refractivity contribution in [3.63, 3.8) is 0 Å². The summed E-state index contributed by atoms with van der Waals surface area (Å²) in [6.07, 6.45) is 3.52. The number of benzene rings is 2. The molecule has 0 heterocycles. The topological polar surface area (TPSA) is 52.5 Å². The van der Waals surface area contributed by atoms with Crippen LogP contribution in [-0.4, -0.2) is 10.2 Å². The number of phenols is 2. The van der Waals surface area contributed by atoms with Crippen LogP contribution in [0.15, 0.2) is 42.5 Å². The van der Waals surface area contributed by atoms with Gasteiger partial charge in [0.2, 0.25) is 0 Å². The molecule has 1 atom stereocenters. The van der Waals surface area contributed by atoms with E-state index in [0.717, 1.165) is 12.1 Å². The van der Waals surface area contributed by atoms with Gasteiger partial charge in [-0.1, -0.05) is 25.5 Å². The van der Waals surface area contributed by atoms with Gasteiger partial charge in [0.05, 0.1) is 6.04 Å². The first kappa shape index (κ1) is 15.2. The van der Waals surface area contributed by atoms with Crippen molar-refractivity contribution in [1.29, 1.82) is 0 Å². The highest BCUT2D eigenvalue weighted by atomic mass is 16.3. The number of nitrogens with one attached hydrogen (secondary N) is 1. The van der Waals surface area contributed by atoms with E-state index in [9.17, 15) is 10.2 Å². The second-order valence-electron chi connectivity index (χ2n) is 5.41. The highest BCUT2D eigenvalue weighted by molar-refractivity contribution is 5.49. The molecule has 2 aromatic carbocycles. The van der Waals surface area contributed by atoms with Gasteiger partial charge in [0.25, 0.3) is 0 Å². The molecule has 0 amide bonds. The number of hydrogen-bond donors (Lipinski definition) is 3. The van der Waals surface area contributed by atoms with E-state index in [-0.39, 0.29) is 17.5 Å². The molecular weight excluding hydrogens is 262 g/mol. The first-order chi connectivity index (χ1) is 10.1. The fourth-order valence-electron chi connectivity index (χ4n) is 2.37. The molecule has 0 saturated heterocycles. The number of phenolic OH excluding ortho intramolecular Hbond substituents is 2. The van der Waals surface area contributed by atoms with Gasteiger partial charge in [0.1, 0.15) is 11.5 Å². The molecule has 0 spiro atoms. The molecule has 112 valence electrons. The van der Waals surface area contributed by atoms with Crippen molar-refractivity contribution >= 4 is 5.69 Å². The van der Waals surface area contributed by atoms with Gasteiger partial charge in [-0.25, -0.2) is 0 Å². The molecule has 0 saturated carbocycles. The Morgan fingerprint density at radius 2 is 1.76 bits per heavy atom. The number of hydrogen-bond acceptors (Lipinski definition) is 3. The molecule has 0 bridgehead atoms. The Bertz CT molecular complexity index is 578. The summed E-state index contributed by atoms with van der Waals surface area (Å²) in [6, 6.07) is 12.9. The van der Waals surface area contributed by atoms with Crippen LogP contribution < -0.4 is 5.32 Å². The minimum Gasteiger partial charge on any atom is -0.508 e. The van der Waals surface area contributed by atoms with Gasteiger partial charge in [-0.2, -0.15) is 0 Å². The van der Waals surface area contributed by atoms with Crippen molar-refractivity contribution in [2.24, 2.45) is 0 Å². The van der Waals surface area contributed by atoms with Gasteiger partial charge in [0.15, 0.2) is 0 Å². The minimum atomic E-state index is -0.0846. The summed E-state index contributed by atoms with van der Waals surface area (Å²) in [5.74, 6) is 0.346. The van der Waals surface area contributed by atoms with E-state index >= 15 is 0 Å². The Morgan fingerprint density at radius 3 is 2.43 bits per heavy atom. The van der Waals surface area contributed by atoms with Gasteiger partial charge >= 0.3 is 0 Å². The van der Waals surface area contributed by atoms with Gasteiger partial charge < -0.3 is 15.5 Å². The molecule has 0 fully saturated rings. The van der Waals surface area contributed by atoms with Crippen LogP contribution in [0.3, 0.4) is 0 Å². The summed E-state index contributed by atoms with van der Waals surface area (Å²) in [7, 11) is 0. The van der Waals surface area contributed by atoms with Crippen molar-refractivity contribution in [3.05, 3.63) is 53.6 Å². The maximum atomic E-state index is 9.87. The van der Waals surface area contributed by atoms with E-state index in [0.29, 0.717) is 5.56 Å². The highest BCUT2D eigenvalue weighted by Crippen LogP contribution is 2.30.